The molecular weight excluding hydrogens is 244 g/mol. The monoisotopic (exact) mass is 266 g/mol. The van der Waals surface area contributed by atoms with Crippen LogP contribution in [0.1, 0.15) is 40.5 Å². The molecule has 17 heavy (non-hydrogen) atoms. The maximum Gasteiger partial charge on any atom is 0.324 e. The van der Waals surface area contributed by atoms with E-state index in [9.17, 15) is 13.2 Å². The Balaban J connectivity index is 4.91. The van der Waals surface area contributed by atoms with Crippen LogP contribution >= 0.6 is 0 Å². The molecule has 0 rings (SSSR count). The van der Waals surface area contributed by atoms with Crippen molar-refractivity contribution in [2.75, 3.05) is 13.1 Å². The molecule has 102 valence electrons. The second-order valence-corrected chi connectivity index (χ2v) is 6.11. The van der Waals surface area contributed by atoms with Gasteiger partial charge in [0.05, 0.1) is 0 Å². The van der Waals surface area contributed by atoms with Crippen LogP contribution in [0, 0.1) is 0 Å². The highest BCUT2D eigenvalue weighted by molar-refractivity contribution is 7.87. The summed E-state index contributed by atoms with van der Waals surface area (Å²) in [6, 6.07) is 0. The first-order chi connectivity index (χ1) is 7.67. The van der Waals surface area contributed by atoms with Crippen molar-refractivity contribution in [2.24, 2.45) is 0 Å². The largest absolute Gasteiger partial charge is 0.480 e. The minimum atomic E-state index is -3.75. The number of aliphatic carboxylic acids is 1. The normalized spacial score (nSPS) is 13.0. The second kappa shape index (κ2) is 6.32. The maximum absolute atomic E-state index is 12.0. The van der Waals surface area contributed by atoms with E-state index in [1.54, 1.807) is 0 Å². The molecule has 6 nitrogen and oxygen atoms in total. The first kappa shape index (κ1) is 16.3. The lowest BCUT2D eigenvalue weighted by atomic mass is 10.1. The molecule has 0 atom stereocenters. The number of hydrogen-bond acceptors (Lipinski definition) is 3. The van der Waals surface area contributed by atoms with E-state index in [0.717, 1.165) is 0 Å². The van der Waals surface area contributed by atoms with Gasteiger partial charge in [0, 0.05) is 13.1 Å². The maximum atomic E-state index is 12.0. The molecule has 0 bridgehead atoms. The van der Waals surface area contributed by atoms with Crippen molar-refractivity contribution in [3.63, 3.8) is 0 Å². The Hall–Kier alpha value is -0.660. The molecule has 0 fully saturated rings. The van der Waals surface area contributed by atoms with E-state index in [1.165, 1.54) is 18.2 Å². The minimum absolute atomic E-state index is 0.388. The summed E-state index contributed by atoms with van der Waals surface area (Å²) in [5, 5.41) is 8.90. The third kappa shape index (κ3) is 5.01. The van der Waals surface area contributed by atoms with Crippen LogP contribution in [0.15, 0.2) is 0 Å². The predicted molar refractivity (Wildman–Crippen MR) is 65.9 cm³/mol. The van der Waals surface area contributed by atoms with Gasteiger partial charge >= 0.3 is 5.97 Å². The molecule has 0 heterocycles. The van der Waals surface area contributed by atoms with Gasteiger partial charge in [0.2, 0.25) is 0 Å². The molecule has 0 unspecified atom stereocenters. The number of nitrogens with zero attached hydrogens (tertiary/aromatic N) is 1. The molecule has 0 aliphatic heterocycles. The van der Waals surface area contributed by atoms with Crippen molar-refractivity contribution in [2.45, 2.75) is 46.1 Å². The standard InChI is InChI=1S/C10H22N2O4S/c1-5-7-12(8-6-2)17(15,16)11-10(3,4)9(13)14/h11H,5-8H2,1-4H3,(H,13,14). The van der Waals surface area contributed by atoms with Crippen LogP contribution in [-0.4, -0.2) is 42.4 Å². The van der Waals surface area contributed by atoms with Crippen molar-refractivity contribution >= 4 is 16.2 Å². The van der Waals surface area contributed by atoms with E-state index in [2.05, 4.69) is 4.72 Å². The van der Waals surface area contributed by atoms with Gasteiger partial charge in [0.25, 0.3) is 10.2 Å². The van der Waals surface area contributed by atoms with Crippen molar-refractivity contribution in [1.82, 2.24) is 9.03 Å². The van der Waals surface area contributed by atoms with Crippen LogP contribution in [0.5, 0.6) is 0 Å². The Labute approximate surface area is 103 Å². The highest BCUT2D eigenvalue weighted by Gasteiger charge is 2.34. The molecule has 0 amide bonds. The first-order valence-corrected chi connectivity index (χ1v) is 7.13. The molecule has 0 aromatic carbocycles. The number of carbonyl (C=O) groups is 1. The van der Waals surface area contributed by atoms with Crippen molar-refractivity contribution in [1.29, 1.82) is 0 Å². The molecule has 0 aliphatic rings. The summed E-state index contributed by atoms with van der Waals surface area (Å²) in [4.78, 5) is 10.9. The quantitative estimate of drug-likeness (QED) is 0.680. The highest BCUT2D eigenvalue weighted by Crippen LogP contribution is 2.09. The molecule has 2 N–H and O–H groups in total. The number of hydrogen-bond donors (Lipinski definition) is 2. The van der Waals surface area contributed by atoms with E-state index in [0.29, 0.717) is 25.9 Å². The van der Waals surface area contributed by atoms with E-state index in [1.807, 2.05) is 13.8 Å². The topological polar surface area (TPSA) is 86.7 Å². The first-order valence-electron chi connectivity index (χ1n) is 5.69. The Morgan fingerprint density at radius 1 is 1.24 bits per heavy atom. The number of rotatable bonds is 8. The summed E-state index contributed by atoms with van der Waals surface area (Å²) < 4.78 is 27.4. The number of carboxylic acids is 1. The highest BCUT2D eigenvalue weighted by atomic mass is 32.2. The SMILES string of the molecule is CCCN(CCC)S(=O)(=O)NC(C)(C)C(=O)O. The van der Waals surface area contributed by atoms with Crippen LogP contribution in [0.25, 0.3) is 0 Å². The predicted octanol–water partition coefficient (Wildman–Crippen LogP) is 0.806. The fourth-order valence-electron chi connectivity index (χ4n) is 1.28. The van der Waals surface area contributed by atoms with Gasteiger partial charge < -0.3 is 5.11 Å². The van der Waals surface area contributed by atoms with Crippen LogP contribution < -0.4 is 4.72 Å². The summed E-state index contributed by atoms with van der Waals surface area (Å²) in [6.07, 6.45) is 1.38. The van der Waals surface area contributed by atoms with Gasteiger partial charge in [-0.05, 0) is 26.7 Å². The van der Waals surface area contributed by atoms with E-state index in [-0.39, 0.29) is 0 Å². The van der Waals surface area contributed by atoms with Crippen molar-refractivity contribution in [3.05, 3.63) is 0 Å². The summed E-state index contributed by atoms with van der Waals surface area (Å²) in [7, 11) is -3.75. The Morgan fingerprint density at radius 2 is 1.65 bits per heavy atom. The fourth-order valence-corrected chi connectivity index (χ4v) is 2.99. The van der Waals surface area contributed by atoms with Gasteiger partial charge in [-0.3, -0.25) is 4.79 Å². The number of carboxylic acid groups (broad SMARTS) is 1. The average Bonchev–Trinajstić information content (AvgIpc) is 2.15. The average molecular weight is 266 g/mol. The number of nitrogens with one attached hydrogen (secondary N) is 1. The zero-order valence-corrected chi connectivity index (χ0v) is 11.7. The third-order valence-corrected chi connectivity index (χ3v) is 4.02. The molecule has 0 aliphatic carbocycles. The lowest BCUT2D eigenvalue weighted by Crippen LogP contribution is -2.54. The Morgan fingerprint density at radius 3 is 1.94 bits per heavy atom. The fraction of sp³-hybridized carbons (Fsp3) is 0.900. The zero-order chi connectivity index (χ0) is 13.7. The molecule has 0 aromatic rings. The molecular formula is C10H22N2O4S. The lowest BCUT2D eigenvalue weighted by Gasteiger charge is -2.27. The lowest BCUT2D eigenvalue weighted by molar-refractivity contribution is -0.142. The van der Waals surface area contributed by atoms with Gasteiger partial charge in [0.15, 0.2) is 0 Å². The molecule has 0 saturated heterocycles. The van der Waals surface area contributed by atoms with Gasteiger partial charge in [0.1, 0.15) is 5.54 Å². The van der Waals surface area contributed by atoms with Crippen LogP contribution in [0.4, 0.5) is 0 Å². The summed E-state index contributed by atoms with van der Waals surface area (Å²) >= 11 is 0. The molecule has 0 spiro atoms. The molecule has 0 saturated carbocycles. The molecule has 0 aromatic heterocycles. The smallest absolute Gasteiger partial charge is 0.324 e. The summed E-state index contributed by atoms with van der Waals surface area (Å²) in [6.45, 7) is 7.17. The summed E-state index contributed by atoms with van der Waals surface area (Å²) in [5.41, 5.74) is -1.50. The van der Waals surface area contributed by atoms with Gasteiger partial charge in [-0.2, -0.15) is 17.4 Å². The van der Waals surface area contributed by atoms with Crippen LogP contribution in [0.2, 0.25) is 0 Å². The summed E-state index contributed by atoms with van der Waals surface area (Å²) in [5.74, 6) is -1.20. The van der Waals surface area contributed by atoms with Gasteiger partial charge in [-0.15, -0.1) is 0 Å². The Kier molecular flexibility index (Phi) is 6.08. The van der Waals surface area contributed by atoms with Crippen molar-refractivity contribution < 1.29 is 18.3 Å². The third-order valence-electron chi connectivity index (χ3n) is 2.20. The zero-order valence-electron chi connectivity index (χ0n) is 10.9. The second-order valence-electron chi connectivity index (χ2n) is 4.44. The molecule has 7 heteroatoms. The van der Waals surface area contributed by atoms with E-state index in [4.69, 9.17) is 5.11 Å². The van der Waals surface area contributed by atoms with Gasteiger partial charge in [-0.1, -0.05) is 13.8 Å². The van der Waals surface area contributed by atoms with Gasteiger partial charge in [-0.25, -0.2) is 0 Å². The molecule has 0 radical (unpaired) electrons. The van der Waals surface area contributed by atoms with Crippen LogP contribution in [-0.2, 0) is 15.0 Å². The van der Waals surface area contributed by atoms with Crippen LogP contribution in [0.3, 0.4) is 0 Å². The minimum Gasteiger partial charge on any atom is -0.480 e. The van der Waals surface area contributed by atoms with E-state index < -0.39 is 21.7 Å². The van der Waals surface area contributed by atoms with Crippen molar-refractivity contribution in [3.8, 4) is 0 Å². The Bertz CT molecular complexity index is 345. The van der Waals surface area contributed by atoms with E-state index >= 15 is 0 Å².